The van der Waals surface area contributed by atoms with Gasteiger partial charge in [-0.2, -0.15) is 0 Å². The molecule has 1 atom stereocenters. The van der Waals surface area contributed by atoms with Crippen LogP contribution in [0.5, 0.6) is 0 Å². The summed E-state index contributed by atoms with van der Waals surface area (Å²) in [5.41, 5.74) is 2.91. The van der Waals surface area contributed by atoms with E-state index in [1.54, 1.807) is 6.08 Å². The minimum Gasteiger partial charge on any atom is -0.374 e. The smallest absolute Gasteiger partial charge is 0.0800 e. The molecule has 2 heteroatoms. The lowest BCUT2D eigenvalue weighted by atomic mass is 10.4. The van der Waals surface area contributed by atoms with E-state index < -0.39 is 0 Å². The zero-order valence-electron chi connectivity index (χ0n) is 6.43. The summed E-state index contributed by atoms with van der Waals surface area (Å²) in [5.74, 6) is 0.509. The SMILES string of the molecule is CCOC(C)C=C=CCCl. The first-order valence-electron chi connectivity index (χ1n) is 3.40. The molecule has 0 fully saturated rings. The van der Waals surface area contributed by atoms with Gasteiger partial charge in [-0.25, -0.2) is 0 Å². The maximum absolute atomic E-state index is 5.38. The topological polar surface area (TPSA) is 9.23 Å². The van der Waals surface area contributed by atoms with E-state index in [0.717, 1.165) is 6.61 Å². The molecule has 0 aromatic rings. The zero-order chi connectivity index (χ0) is 7.82. The third kappa shape index (κ3) is 5.90. The molecule has 0 spiro atoms. The minimum atomic E-state index is 0.143. The first kappa shape index (κ1) is 9.77. The van der Waals surface area contributed by atoms with Crippen LogP contribution in [0.25, 0.3) is 0 Å². The summed E-state index contributed by atoms with van der Waals surface area (Å²) < 4.78 is 5.21. The highest BCUT2D eigenvalue weighted by Crippen LogP contribution is 1.90. The summed E-state index contributed by atoms with van der Waals surface area (Å²) in [4.78, 5) is 0. The molecule has 0 radical (unpaired) electrons. The average Bonchev–Trinajstić information content (AvgIpc) is 1.89. The Morgan fingerprint density at radius 2 is 2.40 bits per heavy atom. The third-order valence-corrected chi connectivity index (χ3v) is 1.11. The van der Waals surface area contributed by atoms with Crippen molar-refractivity contribution in [2.75, 3.05) is 12.5 Å². The van der Waals surface area contributed by atoms with Crippen molar-refractivity contribution in [3.8, 4) is 0 Å². The molecule has 0 aromatic carbocycles. The fraction of sp³-hybridized carbons (Fsp3) is 0.625. The van der Waals surface area contributed by atoms with Crippen LogP contribution in [-0.4, -0.2) is 18.6 Å². The summed E-state index contributed by atoms with van der Waals surface area (Å²) in [6, 6.07) is 0. The van der Waals surface area contributed by atoms with Gasteiger partial charge in [0.1, 0.15) is 0 Å². The highest BCUT2D eigenvalue weighted by Gasteiger charge is 1.89. The number of halogens is 1. The lowest BCUT2D eigenvalue weighted by Crippen LogP contribution is -2.02. The maximum Gasteiger partial charge on any atom is 0.0800 e. The van der Waals surface area contributed by atoms with Crippen molar-refractivity contribution in [3.63, 3.8) is 0 Å². The first-order chi connectivity index (χ1) is 4.81. The third-order valence-electron chi connectivity index (χ3n) is 0.955. The van der Waals surface area contributed by atoms with Gasteiger partial charge in [-0.05, 0) is 26.0 Å². The fourth-order valence-corrected chi connectivity index (χ4v) is 0.648. The monoisotopic (exact) mass is 160 g/mol. The van der Waals surface area contributed by atoms with Gasteiger partial charge in [0.25, 0.3) is 0 Å². The second-order valence-corrected chi connectivity index (χ2v) is 2.16. The van der Waals surface area contributed by atoms with Crippen LogP contribution in [0.3, 0.4) is 0 Å². The van der Waals surface area contributed by atoms with E-state index in [0.29, 0.717) is 5.88 Å². The van der Waals surface area contributed by atoms with E-state index in [2.05, 4.69) is 5.73 Å². The summed E-state index contributed by atoms with van der Waals surface area (Å²) in [5, 5.41) is 0. The minimum absolute atomic E-state index is 0.143. The number of alkyl halides is 1. The Kier molecular flexibility index (Phi) is 6.73. The highest BCUT2D eigenvalue weighted by atomic mass is 35.5. The van der Waals surface area contributed by atoms with E-state index in [1.165, 1.54) is 0 Å². The molecule has 1 nitrogen and oxygen atoms in total. The van der Waals surface area contributed by atoms with Crippen molar-refractivity contribution in [3.05, 3.63) is 17.9 Å². The van der Waals surface area contributed by atoms with Crippen LogP contribution < -0.4 is 0 Å². The largest absolute Gasteiger partial charge is 0.374 e. The summed E-state index contributed by atoms with van der Waals surface area (Å²) in [7, 11) is 0. The van der Waals surface area contributed by atoms with Crippen LogP contribution in [0.1, 0.15) is 13.8 Å². The van der Waals surface area contributed by atoms with Gasteiger partial charge in [0, 0.05) is 12.5 Å². The molecule has 0 amide bonds. The quantitative estimate of drug-likeness (QED) is 0.453. The second-order valence-electron chi connectivity index (χ2n) is 1.85. The van der Waals surface area contributed by atoms with Crippen LogP contribution in [0.4, 0.5) is 0 Å². The van der Waals surface area contributed by atoms with Crippen molar-refractivity contribution < 1.29 is 4.74 Å². The van der Waals surface area contributed by atoms with Crippen molar-refractivity contribution in [2.24, 2.45) is 0 Å². The molecule has 0 aromatic heterocycles. The molecule has 0 bridgehead atoms. The van der Waals surface area contributed by atoms with Gasteiger partial charge in [-0.1, -0.05) is 0 Å². The van der Waals surface area contributed by atoms with Crippen LogP contribution in [-0.2, 0) is 4.74 Å². The summed E-state index contributed by atoms with van der Waals surface area (Å²) in [6.07, 6.45) is 3.76. The van der Waals surface area contributed by atoms with Gasteiger partial charge in [0.05, 0.1) is 6.10 Å². The van der Waals surface area contributed by atoms with E-state index in [1.807, 2.05) is 19.9 Å². The van der Waals surface area contributed by atoms with Gasteiger partial charge in [-0.15, -0.1) is 17.3 Å². The molecular formula is C8H13ClO. The zero-order valence-corrected chi connectivity index (χ0v) is 7.19. The van der Waals surface area contributed by atoms with E-state index >= 15 is 0 Å². The van der Waals surface area contributed by atoms with Gasteiger partial charge in [0.15, 0.2) is 0 Å². The number of hydrogen-bond acceptors (Lipinski definition) is 1. The van der Waals surface area contributed by atoms with Crippen molar-refractivity contribution in [2.45, 2.75) is 20.0 Å². The molecule has 0 N–H and O–H groups in total. The Hall–Kier alpha value is -0.230. The molecule has 58 valence electrons. The molecule has 0 aliphatic heterocycles. The molecule has 0 aliphatic carbocycles. The number of hydrogen-bond donors (Lipinski definition) is 0. The Morgan fingerprint density at radius 3 is 2.90 bits per heavy atom. The van der Waals surface area contributed by atoms with E-state index in [4.69, 9.17) is 16.3 Å². The molecule has 10 heavy (non-hydrogen) atoms. The Bertz CT molecular complexity index is 125. The van der Waals surface area contributed by atoms with Crippen molar-refractivity contribution in [1.29, 1.82) is 0 Å². The molecule has 0 saturated carbocycles. The van der Waals surface area contributed by atoms with Gasteiger partial charge >= 0.3 is 0 Å². The molecule has 0 heterocycles. The van der Waals surface area contributed by atoms with Crippen LogP contribution in [0, 0.1) is 0 Å². The predicted octanol–water partition coefficient (Wildman–Crippen LogP) is 2.36. The summed E-state index contributed by atoms with van der Waals surface area (Å²) >= 11 is 5.38. The standard InChI is InChI=1S/C8H13ClO/c1-3-10-8(2)6-4-5-7-9/h5-6,8H,3,7H2,1-2H3. The first-order valence-corrected chi connectivity index (χ1v) is 3.93. The van der Waals surface area contributed by atoms with Crippen LogP contribution >= 0.6 is 11.6 Å². The summed E-state index contributed by atoms with van der Waals surface area (Å²) in [6.45, 7) is 4.67. The normalized spacial score (nSPS) is 11.9. The Labute approximate surface area is 67.3 Å². The number of rotatable bonds is 4. The maximum atomic E-state index is 5.38. The lowest BCUT2D eigenvalue weighted by molar-refractivity contribution is 0.110. The predicted molar refractivity (Wildman–Crippen MR) is 44.5 cm³/mol. The highest BCUT2D eigenvalue weighted by molar-refractivity contribution is 6.18. The molecule has 1 unspecified atom stereocenters. The van der Waals surface area contributed by atoms with Gasteiger partial charge < -0.3 is 4.74 Å². The van der Waals surface area contributed by atoms with E-state index in [-0.39, 0.29) is 6.10 Å². The number of ether oxygens (including phenoxy) is 1. The van der Waals surface area contributed by atoms with Crippen LogP contribution in [0.15, 0.2) is 17.9 Å². The lowest BCUT2D eigenvalue weighted by Gasteiger charge is -2.02. The molecular weight excluding hydrogens is 148 g/mol. The van der Waals surface area contributed by atoms with E-state index in [9.17, 15) is 0 Å². The average molecular weight is 161 g/mol. The fourth-order valence-electron chi connectivity index (χ4n) is 0.559. The van der Waals surface area contributed by atoms with Gasteiger partial charge in [0.2, 0.25) is 0 Å². The van der Waals surface area contributed by atoms with Gasteiger partial charge in [-0.3, -0.25) is 0 Å². The second kappa shape index (κ2) is 6.88. The Balaban J connectivity index is 3.54. The molecule has 0 saturated heterocycles. The molecule has 0 aliphatic rings. The Morgan fingerprint density at radius 1 is 1.70 bits per heavy atom. The van der Waals surface area contributed by atoms with Crippen molar-refractivity contribution >= 4 is 11.6 Å². The van der Waals surface area contributed by atoms with Crippen molar-refractivity contribution in [1.82, 2.24) is 0 Å². The molecule has 0 rings (SSSR count). The van der Waals surface area contributed by atoms with Crippen LogP contribution in [0.2, 0.25) is 0 Å².